The van der Waals surface area contributed by atoms with E-state index in [4.69, 9.17) is 9.84 Å². The highest BCUT2D eigenvalue weighted by Crippen LogP contribution is 2.24. The van der Waals surface area contributed by atoms with Crippen molar-refractivity contribution in [2.45, 2.75) is 24.3 Å². The summed E-state index contributed by atoms with van der Waals surface area (Å²) in [6.07, 6.45) is 0.405. The number of para-hydroxylation sites is 1. The number of sulfone groups is 1. The van der Waals surface area contributed by atoms with Crippen LogP contribution in [0.15, 0.2) is 29.2 Å². The highest BCUT2D eigenvalue weighted by molar-refractivity contribution is 7.91. The summed E-state index contributed by atoms with van der Waals surface area (Å²) in [4.78, 5) is 0.193. The molecule has 1 atom stereocenters. The van der Waals surface area contributed by atoms with Gasteiger partial charge in [-0.25, -0.2) is 8.42 Å². The summed E-state index contributed by atoms with van der Waals surface area (Å²) < 4.78 is 29.8. The zero-order valence-electron chi connectivity index (χ0n) is 11.3. The Bertz CT molecular complexity index is 481. The quantitative estimate of drug-likeness (QED) is 0.740. The van der Waals surface area contributed by atoms with Crippen LogP contribution in [0.2, 0.25) is 0 Å². The van der Waals surface area contributed by atoms with E-state index in [1.165, 1.54) is 13.2 Å². The molecule has 19 heavy (non-hydrogen) atoms. The molecule has 0 saturated carbocycles. The maximum Gasteiger partial charge on any atom is 0.183 e. The summed E-state index contributed by atoms with van der Waals surface area (Å²) in [5, 5.41) is 12.0. The number of aliphatic hydroxyl groups excluding tert-OH is 1. The highest BCUT2D eigenvalue weighted by atomic mass is 32.2. The summed E-state index contributed by atoms with van der Waals surface area (Å²) in [7, 11) is -2.00. The molecule has 0 aliphatic rings. The summed E-state index contributed by atoms with van der Waals surface area (Å²) in [6.45, 7) is 2.52. The summed E-state index contributed by atoms with van der Waals surface area (Å²) in [5.41, 5.74) is 0. The van der Waals surface area contributed by atoms with Gasteiger partial charge in [0.15, 0.2) is 9.84 Å². The van der Waals surface area contributed by atoms with Crippen molar-refractivity contribution in [2.24, 2.45) is 0 Å². The Kier molecular flexibility index (Phi) is 6.27. The van der Waals surface area contributed by atoms with Gasteiger partial charge in [-0.15, -0.1) is 0 Å². The van der Waals surface area contributed by atoms with Gasteiger partial charge in [-0.2, -0.15) is 0 Å². The minimum Gasteiger partial charge on any atom is -0.495 e. The zero-order valence-corrected chi connectivity index (χ0v) is 12.1. The minimum atomic E-state index is -3.45. The van der Waals surface area contributed by atoms with Crippen molar-refractivity contribution in [3.8, 4) is 5.75 Å². The first kappa shape index (κ1) is 15.9. The van der Waals surface area contributed by atoms with E-state index < -0.39 is 9.84 Å². The maximum absolute atomic E-state index is 12.4. The second-order valence-electron chi connectivity index (χ2n) is 4.20. The third kappa shape index (κ3) is 4.49. The van der Waals surface area contributed by atoms with Crippen LogP contribution in [0.3, 0.4) is 0 Å². The molecule has 1 rings (SSSR count). The van der Waals surface area contributed by atoms with Gasteiger partial charge in [0.1, 0.15) is 10.6 Å². The average Bonchev–Trinajstić information content (AvgIpc) is 2.39. The van der Waals surface area contributed by atoms with Gasteiger partial charge in [0.25, 0.3) is 0 Å². The fourth-order valence-corrected chi connectivity index (χ4v) is 3.66. The smallest absolute Gasteiger partial charge is 0.183 e. The standard InChI is InChI=1S/C13H21NO4S/c1-3-14-11(8-9-15)10-19(16,17)13-7-5-4-6-12(13)18-2/h4-7,11,14-15H,3,8-10H2,1-2H3. The number of hydrogen-bond acceptors (Lipinski definition) is 5. The topological polar surface area (TPSA) is 75.6 Å². The van der Waals surface area contributed by atoms with Crippen molar-refractivity contribution in [3.05, 3.63) is 24.3 Å². The summed E-state index contributed by atoms with van der Waals surface area (Å²) >= 11 is 0. The van der Waals surface area contributed by atoms with Gasteiger partial charge in [-0.1, -0.05) is 19.1 Å². The first-order valence-corrected chi connectivity index (χ1v) is 7.90. The van der Waals surface area contributed by atoms with Crippen LogP contribution in [0, 0.1) is 0 Å². The Morgan fingerprint density at radius 2 is 2.05 bits per heavy atom. The molecule has 0 aliphatic heterocycles. The Hall–Kier alpha value is -1.11. The lowest BCUT2D eigenvalue weighted by Crippen LogP contribution is -2.36. The molecular formula is C13H21NO4S. The van der Waals surface area contributed by atoms with E-state index in [0.29, 0.717) is 18.7 Å². The fraction of sp³-hybridized carbons (Fsp3) is 0.538. The number of nitrogens with one attached hydrogen (secondary N) is 1. The molecule has 0 amide bonds. The maximum atomic E-state index is 12.4. The molecule has 0 saturated heterocycles. The van der Waals surface area contributed by atoms with Crippen molar-refractivity contribution in [3.63, 3.8) is 0 Å². The van der Waals surface area contributed by atoms with Crippen LogP contribution in [0.25, 0.3) is 0 Å². The van der Waals surface area contributed by atoms with Gasteiger partial charge in [-0.3, -0.25) is 0 Å². The van der Waals surface area contributed by atoms with Crippen molar-refractivity contribution >= 4 is 9.84 Å². The van der Waals surface area contributed by atoms with E-state index in [0.717, 1.165) is 0 Å². The lowest BCUT2D eigenvalue weighted by atomic mass is 10.2. The first-order chi connectivity index (χ1) is 9.05. The number of rotatable bonds is 8. The molecule has 0 aliphatic carbocycles. The molecule has 0 heterocycles. The number of ether oxygens (including phenoxy) is 1. The molecule has 0 bridgehead atoms. The molecule has 0 spiro atoms. The largest absolute Gasteiger partial charge is 0.495 e. The molecular weight excluding hydrogens is 266 g/mol. The Morgan fingerprint density at radius 3 is 2.63 bits per heavy atom. The highest BCUT2D eigenvalue weighted by Gasteiger charge is 2.23. The van der Waals surface area contributed by atoms with E-state index in [1.807, 2.05) is 6.92 Å². The van der Waals surface area contributed by atoms with Gasteiger partial charge >= 0.3 is 0 Å². The lowest BCUT2D eigenvalue weighted by Gasteiger charge is -2.17. The van der Waals surface area contributed by atoms with Gasteiger partial charge < -0.3 is 15.2 Å². The predicted molar refractivity (Wildman–Crippen MR) is 74.2 cm³/mol. The first-order valence-electron chi connectivity index (χ1n) is 6.25. The molecule has 1 aromatic carbocycles. The van der Waals surface area contributed by atoms with Crippen LogP contribution < -0.4 is 10.1 Å². The Morgan fingerprint density at radius 1 is 1.37 bits per heavy atom. The molecule has 0 aromatic heterocycles. The van der Waals surface area contributed by atoms with E-state index in [2.05, 4.69) is 5.32 Å². The Balaban J connectivity index is 2.96. The molecule has 0 radical (unpaired) electrons. The van der Waals surface area contributed by atoms with E-state index >= 15 is 0 Å². The lowest BCUT2D eigenvalue weighted by molar-refractivity contribution is 0.270. The van der Waals surface area contributed by atoms with E-state index in [1.54, 1.807) is 18.2 Å². The number of aliphatic hydroxyl groups is 1. The molecule has 6 heteroatoms. The molecule has 108 valence electrons. The van der Waals surface area contributed by atoms with Gasteiger partial charge in [0, 0.05) is 12.6 Å². The van der Waals surface area contributed by atoms with Crippen LogP contribution in [0.4, 0.5) is 0 Å². The van der Waals surface area contributed by atoms with Crippen LogP contribution in [0.1, 0.15) is 13.3 Å². The average molecular weight is 287 g/mol. The summed E-state index contributed by atoms with van der Waals surface area (Å²) in [5.74, 6) is 0.295. The van der Waals surface area contributed by atoms with Crippen LogP contribution in [-0.2, 0) is 9.84 Å². The number of hydrogen-bond donors (Lipinski definition) is 2. The van der Waals surface area contributed by atoms with Crippen molar-refractivity contribution in [1.82, 2.24) is 5.32 Å². The molecule has 0 fully saturated rings. The minimum absolute atomic E-state index is 0.0425. The molecule has 2 N–H and O–H groups in total. The van der Waals surface area contributed by atoms with Crippen molar-refractivity contribution < 1.29 is 18.3 Å². The van der Waals surface area contributed by atoms with Crippen LogP contribution >= 0.6 is 0 Å². The Labute approximate surface area is 114 Å². The fourth-order valence-electron chi connectivity index (χ4n) is 1.92. The van der Waals surface area contributed by atoms with E-state index in [-0.39, 0.29) is 23.3 Å². The number of benzene rings is 1. The predicted octanol–water partition coefficient (Wildman–Crippen LogP) is 0.829. The normalized spacial score (nSPS) is 13.2. The third-order valence-electron chi connectivity index (χ3n) is 2.80. The zero-order chi connectivity index (χ0) is 14.3. The number of methoxy groups -OCH3 is 1. The third-order valence-corrected chi connectivity index (χ3v) is 4.64. The second-order valence-corrected chi connectivity index (χ2v) is 6.20. The summed E-state index contributed by atoms with van der Waals surface area (Å²) in [6, 6.07) is 6.30. The molecule has 5 nitrogen and oxygen atoms in total. The van der Waals surface area contributed by atoms with Crippen molar-refractivity contribution in [1.29, 1.82) is 0 Å². The SMILES string of the molecule is CCNC(CCO)CS(=O)(=O)c1ccccc1OC. The monoisotopic (exact) mass is 287 g/mol. The van der Waals surface area contributed by atoms with Gasteiger partial charge in [-0.05, 0) is 25.1 Å². The van der Waals surface area contributed by atoms with E-state index in [9.17, 15) is 8.42 Å². The van der Waals surface area contributed by atoms with Crippen molar-refractivity contribution in [2.75, 3.05) is 26.0 Å². The van der Waals surface area contributed by atoms with Crippen LogP contribution in [0.5, 0.6) is 5.75 Å². The van der Waals surface area contributed by atoms with Crippen LogP contribution in [-0.4, -0.2) is 45.6 Å². The second kappa shape index (κ2) is 7.47. The van der Waals surface area contributed by atoms with Gasteiger partial charge in [0.05, 0.1) is 12.9 Å². The molecule has 1 aromatic rings. The molecule has 1 unspecified atom stereocenters. The van der Waals surface area contributed by atoms with Gasteiger partial charge in [0.2, 0.25) is 0 Å².